The van der Waals surface area contributed by atoms with Crippen molar-refractivity contribution >= 4 is 10.9 Å². The zero-order valence-electron chi connectivity index (χ0n) is 9.04. The molecule has 3 heteroatoms. The summed E-state index contributed by atoms with van der Waals surface area (Å²) in [7, 11) is 0. The fourth-order valence-electron chi connectivity index (χ4n) is 2.53. The lowest BCUT2D eigenvalue weighted by Crippen LogP contribution is -2.26. The normalized spacial score (nSPS) is 22.7. The maximum atomic E-state index is 14.4. The summed E-state index contributed by atoms with van der Waals surface area (Å²) in [6, 6.07) is 7.72. The van der Waals surface area contributed by atoms with Gasteiger partial charge in [0.2, 0.25) is 0 Å². The minimum absolute atomic E-state index is 0.0134. The molecule has 16 heavy (non-hydrogen) atoms. The van der Waals surface area contributed by atoms with Gasteiger partial charge >= 0.3 is 0 Å². The molecule has 1 aliphatic rings. The molecule has 1 aromatic carbocycles. The lowest BCUT2D eigenvalue weighted by Gasteiger charge is -2.17. The molecule has 2 nitrogen and oxygen atoms in total. The number of benzene rings is 1. The molecule has 2 heterocycles. The lowest BCUT2D eigenvalue weighted by molar-refractivity contribution is 0.273. The third-order valence-corrected chi connectivity index (χ3v) is 3.38. The van der Waals surface area contributed by atoms with Crippen molar-refractivity contribution in [1.82, 2.24) is 10.3 Å². The third-order valence-electron chi connectivity index (χ3n) is 3.38. The van der Waals surface area contributed by atoms with Crippen molar-refractivity contribution < 1.29 is 4.39 Å². The number of halogens is 1. The molecular formula is C13H15FN2. The molecule has 0 saturated carbocycles. The van der Waals surface area contributed by atoms with E-state index >= 15 is 0 Å². The Kier molecular flexibility index (Phi) is 2.40. The van der Waals surface area contributed by atoms with E-state index in [0.717, 1.165) is 35.9 Å². The van der Waals surface area contributed by atoms with Gasteiger partial charge in [-0.25, -0.2) is 4.39 Å². The summed E-state index contributed by atoms with van der Waals surface area (Å²) in [6.45, 7) is 0.939. The molecule has 0 amide bonds. The second kappa shape index (κ2) is 3.91. The molecule has 1 aliphatic heterocycles. The van der Waals surface area contributed by atoms with Crippen molar-refractivity contribution in [3.8, 4) is 0 Å². The van der Waals surface area contributed by atoms with Crippen LogP contribution in [0.3, 0.4) is 0 Å². The third kappa shape index (κ3) is 1.52. The van der Waals surface area contributed by atoms with E-state index in [0.29, 0.717) is 0 Å². The summed E-state index contributed by atoms with van der Waals surface area (Å²) in [5.41, 5.74) is 1.82. The largest absolute Gasteiger partial charge is 0.361 e. The van der Waals surface area contributed by atoms with Crippen molar-refractivity contribution in [2.24, 2.45) is 0 Å². The molecule has 2 unspecified atom stereocenters. The average Bonchev–Trinajstić information content (AvgIpc) is 2.98. The number of H-pyrrole nitrogens is 1. The summed E-state index contributed by atoms with van der Waals surface area (Å²) in [4.78, 5) is 3.12. The summed E-state index contributed by atoms with van der Waals surface area (Å²) in [5, 5.41) is 4.23. The number of aromatic amines is 1. The minimum atomic E-state index is -0.901. The van der Waals surface area contributed by atoms with Crippen LogP contribution in [0.5, 0.6) is 0 Å². The molecule has 2 N–H and O–H groups in total. The Labute approximate surface area is 93.9 Å². The molecule has 3 rings (SSSR count). The molecule has 0 bridgehead atoms. The van der Waals surface area contributed by atoms with Gasteiger partial charge in [-0.1, -0.05) is 12.1 Å². The van der Waals surface area contributed by atoms with Gasteiger partial charge in [-0.2, -0.15) is 0 Å². The fraction of sp³-hybridized carbons (Fsp3) is 0.385. The van der Waals surface area contributed by atoms with E-state index in [1.54, 1.807) is 0 Å². The second-order valence-corrected chi connectivity index (χ2v) is 4.39. The van der Waals surface area contributed by atoms with Crippen LogP contribution < -0.4 is 5.32 Å². The lowest BCUT2D eigenvalue weighted by atomic mass is 9.99. The number of hydrogen-bond donors (Lipinski definition) is 2. The van der Waals surface area contributed by atoms with E-state index < -0.39 is 6.17 Å². The highest BCUT2D eigenvalue weighted by atomic mass is 19.1. The van der Waals surface area contributed by atoms with E-state index in [1.165, 1.54) is 0 Å². The molecule has 0 aliphatic carbocycles. The van der Waals surface area contributed by atoms with Gasteiger partial charge in [0.15, 0.2) is 0 Å². The summed E-state index contributed by atoms with van der Waals surface area (Å²) < 4.78 is 14.4. The molecule has 1 aromatic heterocycles. The predicted octanol–water partition coefficient (Wildman–Crippen LogP) is 2.93. The number of fused-ring (bicyclic) bond motifs is 1. The first-order valence-corrected chi connectivity index (χ1v) is 5.80. The first-order chi connectivity index (χ1) is 7.86. The Bertz CT molecular complexity index is 485. The number of nitrogens with one attached hydrogen (secondary N) is 2. The maximum Gasteiger partial charge on any atom is 0.141 e. The highest BCUT2D eigenvalue weighted by molar-refractivity contribution is 5.83. The number of alkyl halides is 1. The van der Waals surface area contributed by atoms with Crippen LogP contribution in [0.15, 0.2) is 30.5 Å². The fourth-order valence-corrected chi connectivity index (χ4v) is 2.53. The second-order valence-electron chi connectivity index (χ2n) is 4.39. The Morgan fingerprint density at radius 2 is 2.25 bits per heavy atom. The topological polar surface area (TPSA) is 27.8 Å². The van der Waals surface area contributed by atoms with Gasteiger partial charge in [0, 0.05) is 23.1 Å². The number of aromatic nitrogens is 1. The van der Waals surface area contributed by atoms with Crippen LogP contribution in [-0.2, 0) is 0 Å². The molecule has 2 atom stereocenters. The van der Waals surface area contributed by atoms with E-state index in [-0.39, 0.29) is 6.04 Å². The quantitative estimate of drug-likeness (QED) is 0.797. The Morgan fingerprint density at radius 1 is 1.31 bits per heavy atom. The van der Waals surface area contributed by atoms with E-state index in [1.807, 2.05) is 30.5 Å². The number of hydrogen-bond acceptors (Lipinski definition) is 1. The Morgan fingerprint density at radius 3 is 3.06 bits per heavy atom. The molecule has 0 spiro atoms. The molecular weight excluding hydrogens is 203 g/mol. The predicted molar refractivity (Wildman–Crippen MR) is 63.2 cm³/mol. The zero-order valence-corrected chi connectivity index (χ0v) is 9.04. The first kappa shape index (κ1) is 9.85. The minimum Gasteiger partial charge on any atom is -0.361 e. The number of rotatable bonds is 2. The van der Waals surface area contributed by atoms with E-state index in [4.69, 9.17) is 0 Å². The van der Waals surface area contributed by atoms with Crippen LogP contribution >= 0.6 is 0 Å². The van der Waals surface area contributed by atoms with Crippen molar-refractivity contribution in [1.29, 1.82) is 0 Å². The Balaban J connectivity index is 2.00. The van der Waals surface area contributed by atoms with E-state index in [2.05, 4.69) is 10.3 Å². The van der Waals surface area contributed by atoms with Gasteiger partial charge in [-0.15, -0.1) is 0 Å². The smallest absolute Gasteiger partial charge is 0.141 e. The van der Waals surface area contributed by atoms with Crippen LogP contribution in [-0.4, -0.2) is 17.6 Å². The van der Waals surface area contributed by atoms with Crippen LogP contribution in [0.2, 0.25) is 0 Å². The van der Waals surface area contributed by atoms with Gasteiger partial charge in [0.1, 0.15) is 6.17 Å². The Hall–Kier alpha value is -1.35. The van der Waals surface area contributed by atoms with Crippen molar-refractivity contribution in [2.45, 2.75) is 25.1 Å². The maximum absolute atomic E-state index is 14.4. The van der Waals surface area contributed by atoms with E-state index in [9.17, 15) is 4.39 Å². The zero-order chi connectivity index (χ0) is 11.0. The van der Waals surface area contributed by atoms with Crippen molar-refractivity contribution in [3.05, 3.63) is 36.0 Å². The van der Waals surface area contributed by atoms with Crippen LogP contribution in [0.4, 0.5) is 4.39 Å². The molecule has 84 valence electrons. The van der Waals surface area contributed by atoms with Gasteiger partial charge in [-0.3, -0.25) is 0 Å². The standard InChI is InChI=1S/C13H15FN2/c14-13(12-5-2-7-15-12)10-3-1-4-11-9(10)6-8-16-11/h1,3-4,6,8,12-13,15-16H,2,5,7H2. The first-order valence-electron chi connectivity index (χ1n) is 5.80. The highest BCUT2D eigenvalue weighted by Gasteiger charge is 2.26. The highest BCUT2D eigenvalue weighted by Crippen LogP contribution is 2.31. The monoisotopic (exact) mass is 218 g/mol. The summed E-state index contributed by atoms with van der Waals surface area (Å²) in [6.07, 6.45) is 2.97. The van der Waals surface area contributed by atoms with Gasteiger partial charge in [-0.05, 0) is 37.1 Å². The summed E-state index contributed by atoms with van der Waals surface area (Å²) >= 11 is 0. The molecule has 1 saturated heterocycles. The van der Waals surface area contributed by atoms with Crippen molar-refractivity contribution in [2.75, 3.05) is 6.54 Å². The van der Waals surface area contributed by atoms with Crippen LogP contribution in [0.25, 0.3) is 10.9 Å². The SMILES string of the molecule is FC(c1cccc2[nH]ccc12)C1CCCN1. The van der Waals surface area contributed by atoms with Crippen LogP contribution in [0, 0.1) is 0 Å². The average molecular weight is 218 g/mol. The summed E-state index contributed by atoms with van der Waals surface area (Å²) in [5.74, 6) is 0. The molecule has 0 radical (unpaired) electrons. The molecule has 1 fully saturated rings. The molecule has 2 aromatic rings. The van der Waals surface area contributed by atoms with Gasteiger partial charge in [0.25, 0.3) is 0 Å². The van der Waals surface area contributed by atoms with Gasteiger partial charge in [0.05, 0.1) is 0 Å². The van der Waals surface area contributed by atoms with Crippen molar-refractivity contribution in [3.63, 3.8) is 0 Å². The van der Waals surface area contributed by atoms with Gasteiger partial charge < -0.3 is 10.3 Å². The van der Waals surface area contributed by atoms with Crippen LogP contribution in [0.1, 0.15) is 24.6 Å².